The molecule has 2 aliphatic rings. The monoisotopic (exact) mass is 530 g/mol. The molecule has 5 rings (SSSR count). The molecular formula is C26H28Cl2N4O4. The van der Waals surface area contributed by atoms with Crippen molar-refractivity contribution in [3.8, 4) is 5.75 Å². The number of aromatic nitrogens is 2. The van der Waals surface area contributed by atoms with E-state index in [9.17, 15) is 4.79 Å². The van der Waals surface area contributed by atoms with Gasteiger partial charge in [0.25, 0.3) is 0 Å². The van der Waals surface area contributed by atoms with Gasteiger partial charge in [-0.05, 0) is 36.4 Å². The highest BCUT2D eigenvalue weighted by atomic mass is 35.5. The van der Waals surface area contributed by atoms with Crippen LogP contribution in [0, 0.1) is 0 Å². The van der Waals surface area contributed by atoms with Gasteiger partial charge in [-0.2, -0.15) is 0 Å². The van der Waals surface area contributed by atoms with Crippen molar-refractivity contribution < 1.29 is 19.0 Å². The fourth-order valence-electron chi connectivity index (χ4n) is 4.61. The number of amides is 1. The van der Waals surface area contributed by atoms with Gasteiger partial charge in [0.2, 0.25) is 11.7 Å². The minimum absolute atomic E-state index is 0.128. The van der Waals surface area contributed by atoms with E-state index in [-0.39, 0.29) is 12.0 Å². The maximum absolute atomic E-state index is 11.6. The summed E-state index contributed by atoms with van der Waals surface area (Å²) in [5.41, 5.74) is 1.81. The number of nitrogens with one attached hydrogen (secondary N) is 1. The summed E-state index contributed by atoms with van der Waals surface area (Å²) >= 11 is 12.6. The molecule has 2 aromatic carbocycles. The first-order chi connectivity index (χ1) is 17.4. The second-order valence-electron chi connectivity index (χ2n) is 8.94. The van der Waals surface area contributed by atoms with E-state index in [4.69, 9.17) is 37.4 Å². The van der Waals surface area contributed by atoms with Gasteiger partial charge in [0.1, 0.15) is 24.3 Å². The van der Waals surface area contributed by atoms with Crippen molar-refractivity contribution in [1.29, 1.82) is 0 Å². The zero-order valence-electron chi connectivity index (χ0n) is 20.0. The van der Waals surface area contributed by atoms with Gasteiger partial charge in [0.05, 0.1) is 18.1 Å². The van der Waals surface area contributed by atoms with E-state index in [0.29, 0.717) is 35.2 Å². The number of hydrogen-bond acceptors (Lipinski definition) is 6. The van der Waals surface area contributed by atoms with Gasteiger partial charge in [-0.15, -0.1) is 0 Å². The highest BCUT2D eigenvalue weighted by Gasteiger charge is 2.45. The number of hydrogen-bond donors (Lipinski definition) is 1. The first kappa shape index (κ1) is 24.9. The van der Waals surface area contributed by atoms with Crippen LogP contribution in [0.4, 0.5) is 5.69 Å². The van der Waals surface area contributed by atoms with E-state index in [0.717, 1.165) is 43.4 Å². The first-order valence-electron chi connectivity index (χ1n) is 11.9. The Morgan fingerprint density at radius 2 is 1.94 bits per heavy atom. The molecule has 3 aromatic rings. The third-order valence-electron chi connectivity index (χ3n) is 6.52. The van der Waals surface area contributed by atoms with Crippen molar-refractivity contribution in [2.24, 2.45) is 0 Å². The zero-order chi connectivity index (χ0) is 25.1. The first-order valence-corrected chi connectivity index (χ1v) is 12.7. The third-order valence-corrected chi connectivity index (χ3v) is 7.07. The van der Waals surface area contributed by atoms with Gasteiger partial charge in [-0.1, -0.05) is 29.3 Å². The second kappa shape index (κ2) is 10.7. The molecule has 0 bridgehead atoms. The fraction of sp³-hybridized carbons (Fsp3) is 0.385. The molecule has 8 nitrogen and oxygen atoms in total. The molecule has 10 heteroatoms. The Morgan fingerprint density at radius 1 is 1.17 bits per heavy atom. The molecule has 0 radical (unpaired) electrons. The topological polar surface area (TPSA) is 79.9 Å². The van der Waals surface area contributed by atoms with Crippen LogP contribution in [0.5, 0.6) is 5.75 Å². The Bertz CT molecular complexity index is 1180. The molecular weight excluding hydrogens is 503 g/mol. The van der Waals surface area contributed by atoms with Crippen molar-refractivity contribution in [1.82, 2.24) is 14.9 Å². The smallest absolute Gasteiger partial charge is 0.219 e. The molecule has 0 spiro atoms. The van der Waals surface area contributed by atoms with Crippen molar-refractivity contribution in [2.45, 2.75) is 25.2 Å². The Kier molecular flexibility index (Phi) is 7.39. The van der Waals surface area contributed by atoms with Gasteiger partial charge in [0.15, 0.2) is 0 Å². The summed E-state index contributed by atoms with van der Waals surface area (Å²) in [6, 6.07) is 13.3. The summed E-state index contributed by atoms with van der Waals surface area (Å²) in [7, 11) is 0. The highest BCUT2D eigenvalue weighted by molar-refractivity contribution is 6.35. The average molecular weight is 531 g/mol. The summed E-state index contributed by atoms with van der Waals surface area (Å²) in [5.74, 6) is 0.502. The molecule has 0 saturated carbocycles. The van der Waals surface area contributed by atoms with E-state index >= 15 is 0 Å². The van der Waals surface area contributed by atoms with Gasteiger partial charge in [-0.25, -0.2) is 4.98 Å². The lowest BCUT2D eigenvalue weighted by Crippen LogP contribution is -2.48. The van der Waals surface area contributed by atoms with Gasteiger partial charge in [-0.3, -0.25) is 4.79 Å². The maximum Gasteiger partial charge on any atom is 0.219 e. The molecule has 2 fully saturated rings. The predicted molar refractivity (Wildman–Crippen MR) is 138 cm³/mol. The van der Waals surface area contributed by atoms with Gasteiger partial charge < -0.3 is 29.0 Å². The van der Waals surface area contributed by atoms with E-state index in [1.54, 1.807) is 31.5 Å². The van der Waals surface area contributed by atoms with Crippen LogP contribution >= 0.6 is 23.2 Å². The number of benzene rings is 2. The Hall–Kier alpha value is -2.78. The SMILES string of the molecule is CC(=O)N1CCN(c2ccc(OC[C@H]3CO[C@@](Cc4ncc[nH]4)(c4ccc(Cl)cc4Cl)O3)cc2)CC1. The quantitative estimate of drug-likeness (QED) is 0.491. The number of aromatic amines is 1. The Balaban J connectivity index is 1.22. The highest BCUT2D eigenvalue weighted by Crippen LogP contribution is 2.41. The normalized spacial score (nSPS) is 22.1. The van der Waals surface area contributed by atoms with E-state index < -0.39 is 5.79 Å². The molecule has 1 aromatic heterocycles. The largest absolute Gasteiger partial charge is 0.491 e. The number of carbonyl (C=O) groups is 1. The minimum Gasteiger partial charge on any atom is -0.491 e. The summed E-state index contributed by atoms with van der Waals surface area (Å²) in [6.07, 6.45) is 3.51. The lowest BCUT2D eigenvalue weighted by Gasteiger charge is -2.35. The molecule has 0 aliphatic carbocycles. The van der Waals surface area contributed by atoms with Crippen molar-refractivity contribution in [2.75, 3.05) is 44.3 Å². The Labute approximate surface area is 220 Å². The second-order valence-corrected chi connectivity index (χ2v) is 9.78. The molecule has 2 atom stereocenters. The number of rotatable bonds is 7. The maximum atomic E-state index is 11.6. The van der Waals surface area contributed by atoms with Crippen LogP contribution in [0.1, 0.15) is 18.3 Å². The number of halogens is 2. The number of ether oxygens (including phenoxy) is 3. The van der Waals surface area contributed by atoms with Crippen molar-refractivity contribution >= 4 is 34.8 Å². The predicted octanol–water partition coefficient (Wildman–Crippen LogP) is 4.27. The zero-order valence-corrected chi connectivity index (χ0v) is 21.5. The van der Waals surface area contributed by atoms with Crippen LogP contribution < -0.4 is 9.64 Å². The number of carbonyl (C=O) groups excluding carboxylic acids is 1. The molecule has 2 saturated heterocycles. The molecule has 0 unspecified atom stereocenters. The van der Waals surface area contributed by atoms with Crippen LogP contribution in [0.2, 0.25) is 10.0 Å². The standard InChI is InChI=1S/C26H28Cl2N4O4/c1-18(33)31-10-12-32(13-11-31)20-3-5-21(6-4-20)34-16-22-17-35-26(36-22,15-25-29-8-9-30-25)23-7-2-19(27)14-24(23)28/h2-9,14,22H,10-13,15-17H2,1H3,(H,29,30)/t22-,26+/m0/s1. The lowest BCUT2D eigenvalue weighted by molar-refractivity contribution is -0.179. The van der Waals surface area contributed by atoms with Crippen LogP contribution in [-0.4, -0.2) is 66.3 Å². The van der Waals surface area contributed by atoms with E-state index in [1.807, 2.05) is 35.2 Å². The van der Waals surface area contributed by atoms with Crippen molar-refractivity contribution in [3.63, 3.8) is 0 Å². The minimum atomic E-state index is -1.10. The van der Waals surface area contributed by atoms with Crippen LogP contribution in [0.15, 0.2) is 54.9 Å². The summed E-state index contributed by atoms with van der Waals surface area (Å²) in [4.78, 5) is 23.1. The third kappa shape index (κ3) is 5.47. The summed E-state index contributed by atoms with van der Waals surface area (Å²) in [5, 5.41) is 1.01. The molecule has 36 heavy (non-hydrogen) atoms. The number of H-pyrrole nitrogens is 1. The van der Waals surface area contributed by atoms with Crippen LogP contribution in [0.3, 0.4) is 0 Å². The number of piperazine rings is 1. The van der Waals surface area contributed by atoms with Gasteiger partial charge >= 0.3 is 0 Å². The average Bonchev–Trinajstić information content (AvgIpc) is 3.54. The molecule has 1 amide bonds. The molecule has 1 N–H and O–H groups in total. The molecule has 190 valence electrons. The van der Waals surface area contributed by atoms with Crippen molar-refractivity contribution in [3.05, 3.63) is 76.3 Å². The van der Waals surface area contributed by atoms with Crippen LogP contribution in [-0.2, 0) is 26.5 Å². The Morgan fingerprint density at radius 3 is 2.61 bits per heavy atom. The van der Waals surface area contributed by atoms with Crippen LogP contribution in [0.25, 0.3) is 0 Å². The molecule has 3 heterocycles. The number of anilines is 1. The fourth-order valence-corrected chi connectivity index (χ4v) is 5.16. The number of imidazole rings is 1. The van der Waals surface area contributed by atoms with E-state index in [2.05, 4.69) is 14.9 Å². The lowest BCUT2D eigenvalue weighted by atomic mass is 10.0. The molecule has 2 aliphatic heterocycles. The summed E-state index contributed by atoms with van der Waals surface area (Å²) in [6.45, 7) is 5.40. The number of nitrogens with zero attached hydrogens (tertiary/aromatic N) is 3. The summed E-state index contributed by atoms with van der Waals surface area (Å²) < 4.78 is 18.7. The van der Waals surface area contributed by atoms with E-state index in [1.165, 1.54) is 0 Å². The van der Waals surface area contributed by atoms with Gasteiger partial charge in [0, 0.05) is 61.8 Å².